The first-order valence-electron chi connectivity index (χ1n) is 7.29. The summed E-state index contributed by atoms with van der Waals surface area (Å²) >= 11 is 4.95. The van der Waals surface area contributed by atoms with Gasteiger partial charge in [0.1, 0.15) is 4.99 Å². The van der Waals surface area contributed by atoms with Crippen molar-refractivity contribution in [1.29, 1.82) is 0 Å². The zero-order chi connectivity index (χ0) is 15.6. The summed E-state index contributed by atoms with van der Waals surface area (Å²) in [6.45, 7) is 5.16. The van der Waals surface area contributed by atoms with Gasteiger partial charge in [-0.05, 0) is 44.4 Å². The van der Waals surface area contributed by atoms with Gasteiger partial charge in [-0.15, -0.1) is 0 Å². The molecule has 1 amide bonds. The van der Waals surface area contributed by atoms with Crippen molar-refractivity contribution < 1.29 is 4.79 Å². The number of amides is 1. The summed E-state index contributed by atoms with van der Waals surface area (Å²) in [7, 11) is 2.00. The lowest BCUT2D eigenvalue weighted by molar-refractivity contribution is -0.120. The zero-order valence-electron chi connectivity index (χ0n) is 12.8. The highest BCUT2D eigenvalue weighted by molar-refractivity contribution is 7.80. The maximum atomic E-state index is 12.3. The Hall–Kier alpha value is -1.46. The van der Waals surface area contributed by atoms with Crippen LogP contribution >= 0.6 is 12.2 Å². The average molecular weight is 305 g/mol. The second-order valence-electron chi connectivity index (χ2n) is 6.02. The topological polar surface area (TPSA) is 58.4 Å². The monoisotopic (exact) mass is 305 g/mol. The molecule has 0 radical (unpaired) electrons. The van der Waals surface area contributed by atoms with Gasteiger partial charge in [-0.3, -0.25) is 9.69 Å². The number of hydrogen-bond donors (Lipinski definition) is 2. The average Bonchev–Trinajstić information content (AvgIpc) is 3.13. The van der Waals surface area contributed by atoms with Crippen LogP contribution in [0.3, 0.4) is 0 Å². The third-order valence-electron chi connectivity index (χ3n) is 4.25. The first kappa shape index (κ1) is 15.9. The number of benzene rings is 1. The van der Waals surface area contributed by atoms with E-state index in [4.69, 9.17) is 18.0 Å². The maximum Gasteiger partial charge on any atom is 0.241 e. The Kier molecular flexibility index (Phi) is 4.96. The van der Waals surface area contributed by atoms with E-state index in [1.54, 1.807) is 6.07 Å². The molecule has 3 unspecified atom stereocenters. The minimum absolute atomic E-state index is 0.00843. The number of hydrogen-bond acceptors (Lipinski definition) is 3. The van der Waals surface area contributed by atoms with Crippen LogP contribution in [-0.4, -0.2) is 35.4 Å². The fraction of sp³-hybridized carbons (Fsp3) is 0.500. The first-order valence-corrected chi connectivity index (χ1v) is 7.70. The highest BCUT2D eigenvalue weighted by Gasteiger charge is 2.34. The second-order valence-corrected chi connectivity index (χ2v) is 6.46. The highest BCUT2D eigenvalue weighted by atomic mass is 32.1. The number of nitrogens with zero attached hydrogens (tertiary/aromatic N) is 1. The van der Waals surface area contributed by atoms with E-state index in [2.05, 4.69) is 17.1 Å². The third kappa shape index (κ3) is 4.25. The number of carbonyl (C=O) groups excluding carboxylic acids is 1. The van der Waals surface area contributed by atoms with Gasteiger partial charge in [-0.25, -0.2) is 0 Å². The van der Waals surface area contributed by atoms with Crippen LogP contribution in [0.1, 0.15) is 25.8 Å². The largest absolute Gasteiger partial charge is 0.389 e. The van der Waals surface area contributed by atoms with Gasteiger partial charge in [0.15, 0.2) is 0 Å². The molecule has 1 aliphatic carbocycles. The van der Waals surface area contributed by atoms with Gasteiger partial charge in [0, 0.05) is 17.8 Å². The summed E-state index contributed by atoms with van der Waals surface area (Å²) in [5, 5.41) is 2.93. The molecule has 5 heteroatoms. The Balaban J connectivity index is 1.93. The van der Waals surface area contributed by atoms with Crippen molar-refractivity contribution >= 4 is 28.8 Å². The van der Waals surface area contributed by atoms with E-state index < -0.39 is 0 Å². The summed E-state index contributed by atoms with van der Waals surface area (Å²) in [6, 6.07) is 7.16. The Morgan fingerprint density at radius 1 is 1.57 bits per heavy atom. The molecule has 114 valence electrons. The minimum Gasteiger partial charge on any atom is -0.389 e. The van der Waals surface area contributed by atoms with Gasteiger partial charge >= 0.3 is 0 Å². The lowest BCUT2D eigenvalue weighted by Gasteiger charge is -2.24. The fourth-order valence-electron chi connectivity index (χ4n) is 2.38. The summed E-state index contributed by atoms with van der Waals surface area (Å²) in [6.07, 6.45) is 1.27. The highest BCUT2D eigenvalue weighted by Crippen LogP contribution is 2.38. The fourth-order valence-corrected chi connectivity index (χ4v) is 2.51. The quantitative estimate of drug-likeness (QED) is 0.791. The molecule has 3 atom stereocenters. The first-order chi connectivity index (χ1) is 9.88. The van der Waals surface area contributed by atoms with Crippen LogP contribution in [0.2, 0.25) is 0 Å². The molecule has 0 bridgehead atoms. The van der Waals surface area contributed by atoms with E-state index in [9.17, 15) is 4.79 Å². The molecule has 1 fully saturated rings. The molecule has 2 rings (SSSR count). The van der Waals surface area contributed by atoms with Crippen LogP contribution in [0.25, 0.3) is 0 Å². The molecule has 1 aromatic carbocycles. The normalized spacial score (nSPS) is 21.9. The van der Waals surface area contributed by atoms with Crippen LogP contribution in [-0.2, 0) is 4.79 Å². The van der Waals surface area contributed by atoms with Crippen LogP contribution in [0.4, 0.5) is 5.69 Å². The number of likely N-dealkylation sites (N-methyl/N-ethyl adjacent to an activating group) is 1. The Morgan fingerprint density at radius 3 is 2.81 bits per heavy atom. The molecule has 1 aliphatic rings. The van der Waals surface area contributed by atoms with Gasteiger partial charge in [0.05, 0.1) is 6.04 Å². The summed E-state index contributed by atoms with van der Waals surface area (Å²) in [5.41, 5.74) is 7.09. The molecule has 0 saturated heterocycles. The smallest absolute Gasteiger partial charge is 0.241 e. The second kappa shape index (κ2) is 6.54. The number of carbonyl (C=O) groups is 1. The molecule has 1 saturated carbocycles. The summed E-state index contributed by atoms with van der Waals surface area (Å²) in [5.74, 6) is 1.53. The Bertz CT molecular complexity index is 546. The molecule has 0 heterocycles. The van der Waals surface area contributed by atoms with Gasteiger partial charge in [0.2, 0.25) is 5.91 Å². The van der Waals surface area contributed by atoms with Crippen molar-refractivity contribution in [2.24, 2.45) is 17.6 Å². The van der Waals surface area contributed by atoms with Crippen molar-refractivity contribution in [2.45, 2.75) is 26.3 Å². The van der Waals surface area contributed by atoms with E-state index >= 15 is 0 Å². The van der Waals surface area contributed by atoms with Gasteiger partial charge in [-0.1, -0.05) is 31.3 Å². The van der Waals surface area contributed by atoms with Gasteiger partial charge < -0.3 is 11.1 Å². The molecule has 0 spiro atoms. The van der Waals surface area contributed by atoms with Crippen molar-refractivity contribution in [3.8, 4) is 0 Å². The van der Waals surface area contributed by atoms with Crippen molar-refractivity contribution in [2.75, 3.05) is 18.9 Å². The van der Waals surface area contributed by atoms with Crippen LogP contribution in [0.5, 0.6) is 0 Å². The van der Waals surface area contributed by atoms with Crippen molar-refractivity contribution in [3.05, 3.63) is 29.8 Å². The summed E-state index contributed by atoms with van der Waals surface area (Å²) < 4.78 is 0. The Labute approximate surface area is 131 Å². The molecule has 0 aromatic heterocycles. The van der Waals surface area contributed by atoms with Gasteiger partial charge in [-0.2, -0.15) is 0 Å². The third-order valence-corrected chi connectivity index (χ3v) is 4.49. The molecule has 0 aliphatic heterocycles. The lowest BCUT2D eigenvalue weighted by Crippen LogP contribution is -2.40. The van der Waals surface area contributed by atoms with Crippen molar-refractivity contribution in [1.82, 2.24) is 4.90 Å². The van der Waals surface area contributed by atoms with E-state index in [0.29, 0.717) is 4.99 Å². The number of rotatable bonds is 6. The molecular weight excluding hydrogens is 282 g/mol. The van der Waals surface area contributed by atoms with Crippen LogP contribution in [0, 0.1) is 11.8 Å². The van der Waals surface area contributed by atoms with E-state index in [0.717, 1.165) is 29.6 Å². The molecule has 21 heavy (non-hydrogen) atoms. The summed E-state index contributed by atoms with van der Waals surface area (Å²) in [4.78, 5) is 14.7. The predicted molar refractivity (Wildman–Crippen MR) is 90.3 cm³/mol. The number of nitrogens with one attached hydrogen (secondary N) is 1. The van der Waals surface area contributed by atoms with Crippen LogP contribution < -0.4 is 11.1 Å². The standard InChI is InChI=1S/C16H23N3OS/c1-10-7-13(10)9-19(3)11(2)16(20)18-14-6-4-5-12(8-14)15(17)21/h4-6,8,10-11,13H,7,9H2,1-3H3,(H2,17,21)(H,18,20). The minimum atomic E-state index is -0.161. The van der Waals surface area contributed by atoms with E-state index in [1.807, 2.05) is 32.2 Å². The molecular formula is C16H23N3OS. The van der Waals surface area contributed by atoms with Crippen molar-refractivity contribution in [3.63, 3.8) is 0 Å². The van der Waals surface area contributed by atoms with E-state index in [-0.39, 0.29) is 11.9 Å². The SMILES string of the molecule is CC1CC1CN(C)C(C)C(=O)Nc1cccc(C(N)=S)c1. The molecule has 4 nitrogen and oxygen atoms in total. The zero-order valence-corrected chi connectivity index (χ0v) is 13.6. The lowest BCUT2D eigenvalue weighted by atomic mass is 10.2. The maximum absolute atomic E-state index is 12.3. The number of thiocarbonyl (C=S) groups is 1. The van der Waals surface area contributed by atoms with Gasteiger partial charge in [0.25, 0.3) is 0 Å². The predicted octanol–water partition coefficient (Wildman–Crippen LogP) is 2.24. The number of nitrogens with two attached hydrogens (primary N) is 1. The Morgan fingerprint density at radius 2 is 2.24 bits per heavy atom. The number of anilines is 1. The van der Waals surface area contributed by atoms with Crippen LogP contribution in [0.15, 0.2) is 24.3 Å². The molecule has 3 N–H and O–H groups in total. The van der Waals surface area contributed by atoms with E-state index in [1.165, 1.54) is 6.42 Å². The molecule has 1 aromatic rings.